The van der Waals surface area contributed by atoms with Crippen LogP contribution in [0.1, 0.15) is 64.2 Å². The van der Waals surface area contributed by atoms with Crippen LogP contribution >= 0.6 is 0 Å². The van der Waals surface area contributed by atoms with Crippen molar-refractivity contribution in [1.82, 2.24) is 39.9 Å². The van der Waals surface area contributed by atoms with Crippen LogP contribution in [0.5, 0.6) is 5.75 Å². The maximum atomic E-state index is 14.8. The molecule has 2 saturated heterocycles. The van der Waals surface area contributed by atoms with Gasteiger partial charge in [0.15, 0.2) is 0 Å². The van der Waals surface area contributed by atoms with Gasteiger partial charge in [-0.2, -0.15) is 0 Å². The summed E-state index contributed by atoms with van der Waals surface area (Å²) in [6.45, 7) is 13.7. The van der Waals surface area contributed by atoms with Crippen LogP contribution in [0.2, 0.25) is 0 Å². The van der Waals surface area contributed by atoms with E-state index in [9.17, 15) is 29.1 Å². The lowest BCUT2D eigenvalue weighted by Crippen LogP contribution is -2.63. The molecule has 4 aromatic rings. The number of likely N-dealkylation sites (N-methyl/N-ethyl adjacent to an activating group) is 2. The quantitative estimate of drug-likeness (QED) is 0.115. The van der Waals surface area contributed by atoms with E-state index in [0.29, 0.717) is 70.7 Å². The number of phenolic OH excluding ortho intramolecular Hbond substituents is 1. The number of carbonyl (C=O) groups excluding carboxylic acids is 5. The van der Waals surface area contributed by atoms with E-state index in [0.717, 1.165) is 45.3 Å². The van der Waals surface area contributed by atoms with Gasteiger partial charge in [0.1, 0.15) is 23.9 Å². The summed E-state index contributed by atoms with van der Waals surface area (Å²) in [5.74, 6) is -1.93. The molecule has 7 rings (SSSR count). The van der Waals surface area contributed by atoms with Gasteiger partial charge in [-0.05, 0) is 105 Å². The van der Waals surface area contributed by atoms with Crippen molar-refractivity contribution in [3.8, 4) is 28.1 Å². The first-order chi connectivity index (χ1) is 33.9. The van der Waals surface area contributed by atoms with E-state index in [-0.39, 0.29) is 43.2 Å². The molecule has 3 aliphatic heterocycles. The van der Waals surface area contributed by atoms with Crippen molar-refractivity contribution in [3.63, 3.8) is 0 Å². The van der Waals surface area contributed by atoms with E-state index < -0.39 is 41.3 Å². The Hall–Kier alpha value is -6.23. The number of esters is 1. The van der Waals surface area contributed by atoms with E-state index >= 15 is 0 Å². The SMILES string of the molecule is CCn1c(-c2ccccc2CCOC)c2c3cc(ccc31)-c1cc(O)cc(c1)C[C@H](NC(=O)[C@H](C(C)C)N(C)C(=O)N1CCN(C(=O)/C=C/CN(C)C)CC1)C(=O)N1CCC[C@H](N1)C(=O)OCC(C)(C)C2. The number of aromatic nitrogens is 1. The van der Waals surface area contributed by atoms with Crippen LogP contribution in [0, 0.1) is 11.3 Å². The minimum absolute atomic E-state index is 0.000415. The summed E-state index contributed by atoms with van der Waals surface area (Å²) in [5.41, 5.74) is 10.4. The number of carbonyl (C=O) groups is 5. The van der Waals surface area contributed by atoms with Crippen molar-refractivity contribution in [3.05, 3.63) is 89.5 Å². The molecule has 16 nitrogen and oxygen atoms in total. The molecular weight excluding hydrogens is 901 g/mol. The van der Waals surface area contributed by atoms with Crippen LogP contribution < -0.4 is 10.7 Å². The normalized spacial score (nSPS) is 19.3. The summed E-state index contributed by atoms with van der Waals surface area (Å²) < 4.78 is 14.0. The Balaban J connectivity index is 1.24. The maximum absolute atomic E-state index is 14.8. The number of cyclic esters (lactones) is 1. The highest BCUT2D eigenvalue weighted by molar-refractivity contribution is 5.96. The van der Waals surface area contributed by atoms with Gasteiger partial charge in [-0.15, -0.1) is 0 Å². The summed E-state index contributed by atoms with van der Waals surface area (Å²) in [6.07, 6.45) is 5.65. The first kappa shape index (κ1) is 52.6. The molecular formula is C55H74N8O8. The average molecular weight is 975 g/mol. The number of hydrogen-bond acceptors (Lipinski definition) is 10. The molecule has 0 unspecified atom stereocenters. The summed E-state index contributed by atoms with van der Waals surface area (Å²) >= 11 is 0. The van der Waals surface area contributed by atoms with Crippen LogP contribution in [0.15, 0.2) is 72.8 Å². The van der Waals surface area contributed by atoms with Gasteiger partial charge < -0.3 is 44.1 Å². The molecule has 6 bridgehead atoms. The number of benzene rings is 3. The van der Waals surface area contributed by atoms with E-state index in [1.807, 2.05) is 51.1 Å². The zero-order valence-electron chi connectivity index (χ0n) is 43.1. The molecule has 0 spiro atoms. The highest BCUT2D eigenvalue weighted by Crippen LogP contribution is 2.41. The molecule has 3 N–H and O–H groups in total. The van der Waals surface area contributed by atoms with Crippen LogP contribution in [-0.4, -0.2) is 163 Å². The van der Waals surface area contributed by atoms with E-state index in [1.54, 1.807) is 42.2 Å². The Kier molecular flexibility index (Phi) is 17.0. The third-order valence-electron chi connectivity index (χ3n) is 13.9. The molecule has 0 saturated carbocycles. The van der Waals surface area contributed by atoms with Crippen LogP contribution in [0.3, 0.4) is 0 Å². The number of nitrogens with one attached hydrogen (secondary N) is 2. The summed E-state index contributed by atoms with van der Waals surface area (Å²) in [5, 5.41) is 16.8. The van der Waals surface area contributed by atoms with Gasteiger partial charge in [0, 0.05) is 94.3 Å². The molecule has 5 amide bonds. The molecule has 382 valence electrons. The molecule has 16 heteroatoms. The Morgan fingerprint density at radius 1 is 0.972 bits per heavy atom. The Bertz CT molecular complexity index is 2610. The molecule has 4 heterocycles. The van der Waals surface area contributed by atoms with Crippen molar-refractivity contribution < 1.29 is 38.6 Å². The second-order valence-corrected chi connectivity index (χ2v) is 20.7. The minimum Gasteiger partial charge on any atom is -0.508 e. The highest BCUT2D eigenvalue weighted by atomic mass is 16.5. The monoisotopic (exact) mass is 975 g/mol. The molecule has 1 aromatic heterocycles. The number of nitrogens with zero attached hydrogens (tertiary/aromatic N) is 6. The van der Waals surface area contributed by atoms with Crippen molar-refractivity contribution in [2.75, 3.05) is 80.7 Å². The average Bonchev–Trinajstić information content (AvgIpc) is 3.64. The van der Waals surface area contributed by atoms with E-state index in [4.69, 9.17) is 9.47 Å². The number of ether oxygens (including phenoxy) is 2. The summed E-state index contributed by atoms with van der Waals surface area (Å²) in [7, 11) is 7.15. The number of phenols is 1. The smallest absolute Gasteiger partial charge is 0.324 e. The fraction of sp³-hybridized carbons (Fsp3) is 0.509. The van der Waals surface area contributed by atoms with E-state index in [1.165, 1.54) is 15.5 Å². The van der Waals surface area contributed by atoms with Gasteiger partial charge in [-0.25, -0.2) is 10.2 Å². The number of fused-ring (bicyclic) bond motifs is 6. The number of amides is 5. The third-order valence-corrected chi connectivity index (χ3v) is 13.9. The van der Waals surface area contributed by atoms with Gasteiger partial charge in [0.05, 0.1) is 18.9 Å². The molecule has 71 heavy (non-hydrogen) atoms. The number of hydrazine groups is 1. The molecule has 3 aromatic carbocycles. The van der Waals surface area contributed by atoms with Gasteiger partial charge in [0.2, 0.25) is 11.8 Å². The topological polar surface area (TPSA) is 169 Å². The number of rotatable bonds is 12. The first-order valence-corrected chi connectivity index (χ1v) is 25.1. The molecule has 0 radical (unpaired) electrons. The predicted octanol–water partition coefficient (Wildman–Crippen LogP) is 5.88. The number of urea groups is 1. The molecule has 3 aliphatic rings. The summed E-state index contributed by atoms with van der Waals surface area (Å²) in [4.78, 5) is 77.1. The molecule has 2 fully saturated rings. The fourth-order valence-corrected chi connectivity index (χ4v) is 10.3. The summed E-state index contributed by atoms with van der Waals surface area (Å²) in [6, 6.07) is 16.7. The first-order valence-electron chi connectivity index (χ1n) is 25.1. The fourth-order valence-electron chi connectivity index (χ4n) is 10.3. The lowest BCUT2D eigenvalue weighted by Gasteiger charge is -2.39. The zero-order chi connectivity index (χ0) is 51.1. The minimum atomic E-state index is -1.16. The second kappa shape index (κ2) is 22.9. The Labute approximate surface area is 418 Å². The Morgan fingerprint density at radius 2 is 1.70 bits per heavy atom. The lowest BCUT2D eigenvalue weighted by molar-refractivity contribution is -0.155. The number of aromatic hydroxyl groups is 1. The number of piperazine rings is 1. The predicted molar refractivity (Wildman–Crippen MR) is 275 cm³/mol. The standard InChI is InChI=1S/C55H74N8O8/c1-10-62-47-20-19-39-33-43(47)44(50(62)42-16-12-11-15-38(42)21-28-70-9)34-55(4,5)35-71-53(68)45-17-13-23-63(57-45)52(67)46(31-37-29-40(39)32-41(64)30-37)56-51(66)49(36(2)3)59(8)54(69)61-26-24-60(25-27-61)48(65)18-14-22-58(6)7/h11-12,14-16,18-20,29-30,32-33,36,45-46,49,57,64H,10,13,17,21-28,31,34-35H2,1-9H3,(H,56,66)/b18-14+/t45-,46-,49-/m0/s1. The van der Waals surface area contributed by atoms with Gasteiger partial charge >= 0.3 is 12.0 Å². The van der Waals surface area contributed by atoms with Crippen LogP contribution in [-0.2, 0) is 54.5 Å². The largest absolute Gasteiger partial charge is 0.508 e. The van der Waals surface area contributed by atoms with Crippen molar-refractivity contribution in [2.45, 2.75) is 91.4 Å². The molecule has 3 atom stereocenters. The lowest BCUT2D eigenvalue weighted by atomic mass is 9.83. The second-order valence-electron chi connectivity index (χ2n) is 20.7. The highest BCUT2D eigenvalue weighted by Gasteiger charge is 2.39. The molecule has 0 aliphatic carbocycles. The van der Waals surface area contributed by atoms with Crippen LogP contribution in [0.25, 0.3) is 33.3 Å². The van der Waals surface area contributed by atoms with E-state index in [2.05, 4.69) is 72.5 Å². The third kappa shape index (κ3) is 12.3. The number of hydrogen-bond donors (Lipinski definition) is 3. The number of aryl methyl sites for hydroxylation is 1. The van der Waals surface area contributed by atoms with Crippen LogP contribution in [0.4, 0.5) is 4.79 Å². The number of methoxy groups -OCH3 is 1. The van der Waals surface area contributed by atoms with Gasteiger partial charge in [-0.3, -0.25) is 24.2 Å². The van der Waals surface area contributed by atoms with Crippen molar-refractivity contribution in [2.24, 2.45) is 11.3 Å². The van der Waals surface area contributed by atoms with Crippen molar-refractivity contribution >= 4 is 40.6 Å². The zero-order valence-corrected chi connectivity index (χ0v) is 43.1. The maximum Gasteiger partial charge on any atom is 0.324 e. The van der Waals surface area contributed by atoms with Gasteiger partial charge in [0.25, 0.3) is 5.91 Å². The van der Waals surface area contributed by atoms with Gasteiger partial charge in [-0.1, -0.05) is 70.2 Å². The Morgan fingerprint density at radius 3 is 2.41 bits per heavy atom. The van der Waals surface area contributed by atoms with Crippen molar-refractivity contribution in [1.29, 1.82) is 0 Å².